The van der Waals surface area contributed by atoms with Crippen molar-refractivity contribution in [2.24, 2.45) is 0 Å². The van der Waals surface area contributed by atoms with Crippen molar-refractivity contribution < 1.29 is 14.1 Å². The smallest absolute Gasteiger partial charge is 0.290 e. The average Bonchev–Trinajstić information content (AvgIpc) is 2.62. The fraction of sp³-hybridized carbons (Fsp3) is 0.250. The molecule has 0 aliphatic carbocycles. The van der Waals surface area contributed by atoms with Crippen LogP contribution in [-0.2, 0) is 0 Å². The Labute approximate surface area is 75.0 Å². The molecule has 0 fully saturated rings. The maximum Gasteiger partial charge on any atom is 0.290 e. The first-order valence-electron chi connectivity index (χ1n) is 3.50. The van der Waals surface area contributed by atoms with Gasteiger partial charge in [0.15, 0.2) is 0 Å². The third-order valence-corrected chi connectivity index (χ3v) is 1.27. The van der Waals surface area contributed by atoms with Crippen molar-refractivity contribution in [3.8, 4) is 18.2 Å². The van der Waals surface area contributed by atoms with Crippen molar-refractivity contribution in [3.05, 3.63) is 11.8 Å². The van der Waals surface area contributed by atoms with Crippen LogP contribution in [-0.4, -0.2) is 24.7 Å². The second-order valence-electron chi connectivity index (χ2n) is 2.12. The number of amides is 1. The molecule has 13 heavy (non-hydrogen) atoms. The van der Waals surface area contributed by atoms with E-state index in [1.165, 1.54) is 13.2 Å². The number of carbonyl (C=O) groups excluding carboxylic acids is 1. The zero-order chi connectivity index (χ0) is 9.68. The van der Waals surface area contributed by atoms with Crippen LogP contribution in [0, 0.1) is 12.3 Å². The van der Waals surface area contributed by atoms with Crippen LogP contribution in [0.3, 0.4) is 0 Å². The predicted molar refractivity (Wildman–Crippen MR) is 44.2 cm³/mol. The molecule has 0 saturated heterocycles. The minimum atomic E-state index is -0.409. The highest BCUT2D eigenvalue weighted by Gasteiger charge is 2.11. The molecule has 0 unspecified atom stereocenters. The van der Waals surface area contributed by atoms with Crippen LogP contribution in [0.2, 0.25) is 0 Å². The quantitative estimate of drug-likeness (QED) is 0.667. The Morgan fingerprint density at radius 1 is 1.92 bits per heavy atom. The Morgan fingerprint density at radius 3 is 3.23 bits per heavy atom. The van der Waals surface area contributed by atoms with Gasteiger partial charge in [0, 0.05) is 0 Å². The van der Waals surface area contributed by atoms with Gasteiger partial charge in [0.1, 0.15) is 0 Å². The van der Waals surface area contributed by atoms with Crippen LogP contribution >= 0.6 is 0 Å². The van der Waals surface area contributed by atoms with E-state index in [0.29, 0.717) is 0 Å². The highest BCUT2D eigenvalue weighted by molar-refractivity contribution is 5.91. The minimum Gasteiger partial charge on any atom is -0.479 e. The first kappa shape index (κ1) is 9.13. The molecular weight excluding hydrogens is 172 g/mol. The standard InChI is InChI=1S/C8H8N2O3/c1-3-4-9-8(11)6-5-7(12-2)10-13-6/h1,5H,4H2,2H3,(H,9,11). The lowest BCUT2D eigenvalue weighted by Crippen LogP contribution is -2.22. The SMILES string of the molecule is C#CCNC(=O)c1cc(OC)no1. The van der Waals surface area contributed by atoms with Gasteiger partial charge in [0.05, 0.1) is 19.7 Å². The summed E-state index contributed by atoms with van der Waals surface area (Å²) in [7, 11) is 1.43. The maximum absolute atomic E-state index is 11.1. The predicted octanol–water partition coefficient (Wildman–Crippen LogP) is 0.0462. The summed E-state index contributed by atoms with van der Waals surface area (Å²) in [5.74, 6) is 2.19. The molecule has 0 spiro atoms. The van der Waals surface area contributed by atoms with Crippen LogP contribution in [0.5, 0.6) is 5.88 Å². The minimum absolute atomic E-state index is 0.0760. The first-order valence-corrected chi connectivity index (χ1v) is 3.50. The summed E-state index contributed by atoms with van der Waals surface area (Å²) in [6, 6.07) is 1.38. The summed E-state index contributed by atoms with van der Waals surface area (Å²) >= 11 is 0. The molecule has 68 valence electrons. The highest BCUT2D eigenvalue weighted by Crippen LogP contribution is 2.09. The molecule has 5 nitrogen and oxygen atoms in total. The van der Waals surface area contributed by atoms with Gasteiger partial charge in [0.25, 0.3) is 11.8 Å². The van der Waals surface area contributed by atoms with E-state index in [9.17, 15) is 4.79 Å². The molecule has 5 heteroatoms. The van der Waals surface area contributed by atoms with Gasteiger partial charge in [0.2, 0.25) is 5.76 Å². The number of nitrogens with zero attached hydrogens (tertiary/aromatic N) is 1. The lowest BCUT2D eigenvalue weighted by molar-refractivity contribution is 0.0921. The summed E-state index contributed by atoms with van der Waals surface area (Å²) in [6.07, 6.45) is 4.95. The number of terminal acetylenes is 1. The largest absolute Gasteiger partial charge is 0.479 e. The van der Waals surface area contributed by atoms with Crippen LogP contribution < -0.4 is 10.1 Å². The van der Waals surface area contributed by atoms with Crippen molar-refractivity contribution in [2.45, 2.75) is 0 Å². The summed E-state index contributed by atoms with van der Waals surface area (Å²) in [5, 5.41) is 5.88. The Balaban J connectivity index is 2.62. The number of ether oxygens (including phenoxy) is 1. The van der Waals surface area contributed by atoms with Gasteiger partial charge in [-0.05, 0) is 5.16 Å². The van der Waals surface area contributed by atoms with Crippen LogP contribution in [0.1, 0.15) is 10.6 Å². The molecule has 1 aromatic heterocycles. The van der Waals surface area contributed by atoms with Gasteiger partial charge in [-0.3, -0.25) is 4.79 Å². The van der Waals surface area contributed by atoms with E-state index in [1.807, 2.05) is 0 Å². The second-order valence-corrected chi connectivity index (χ2v) is 2.12. The Bertz CT molecular complexity index is 337. The van der Waals surface area contributed by atoms with Crippen LogP contribution in [0.25, 0.3) is 0 Å². The molecule has 0 atom stereocenters. The molecule has 0 aliphatic rings. The van der Waals surface area contributed by atoms with E-state index in [-0.39, 0.29) is 18.2 Å². The Hall–Kier alpha value is -1.96. The zero-order valence-electron chi connectivity index (χ0n) is 7.03. The number of hydrogen-bond donors (Lipinski definition) is 1. The zero-order valence-corrected chi connectivity index (χ0v) is 7.03. The molecule has 1 amide bonds. The summed E-state index contributed by atoms with van der Waals surface area (Å²) in [4.78, 5) is 11.1. The van der Waals surface area contributed by atoms with Crippen molar-refractivity contribution >= 4 is 5.91 Å². The van der Waals surface area contributed by atoms with E-state index < -0.39 is 5.91 Å². The number of hydrogen-bond acceptors (Lipinski definition) is 4. The molecule has 1 rings (SSSR count). The fourth-order valence-corrected chi connectivity index (χ4v) is 0.681. The summed E-state index contributed by atoms with van der Waals surface area (Å²) in [5.41, 5.74) is 0. The molecule has 0 aromatic carbocycles. The molecule has 1 N–H and O–H groups in total. The van der Waals surface area contributed by atoms with E-state index in [4.69, 9.17) is 11.2 Å². The lowest BCUT2D eigenvalue weighted by atomic mass is 10.4. The highest BCUT2D eigenvalue weighted by atomic mass is 16.5. The number of carbonyl (C=O) groups is 1. The van der Waals surface area contributed by atoms with Gasteiger partial charge >= 0.3 is 0 Å². The molecular formula is C8H8N2O3. The van der Waals surface area contributed by atoms with Crippen molar-refractivity contribution in [1.29, 1.82) is 0 Å². The number of rotatable bonds is 3. The Kier molecular flexibility index (Phi) is 2.92. The molecule has 1 heterocycles. The van der Waals surface area contributed by atoms with Gasteiger partial charge in [-0.15, -0.1) is 6.42 Å². The first-order chi connectivity index (χ1) is 6.27. The lowest BCUT2D eigenvalue weighted by Gasteiger charge is -1.93. The second kappa shape index (κ2) is 4.16. The normalized spacial score (nSPS) is 8.92. The van der Waals surface area contributed by atoms with Crippen molar-refractivity contribution in [1.82, 2.24) is 10.5 Å². The average molecular weight is 180 g/mol. The van der Waals surface area contributed by atoms with E-state index in [1.54, 1.807) is 0 Å². The van der Waals surface area contributed by atoms with E-state index >= 15 is 0 Å². The molecule has 0 saturated carbocycles. The Morgan fingerprint density at radius 2 is 2.69 bits per heavy atom. The van der Waals surface area contributed by atoms with Gasteiger partial charge in [-0.1, -0.05) is 5.92 Å². The van der Waals surface area contributed by atoms with Crippen LogP contribution in [0.4, 0.5) is 0 Å². The molecule has 0 radical (unpaired) electrons. The molecule has 1 aromatic rings. The van der Waals surface area contributed by atoms with E-state index in [2.05, 4.69) is 20.9 Å². The topological polar surface area (TPSA) is 64.4 Å². The van der Waals surface area contributed by atoms with Crippen LogP contribution in [0.15, 0.2) is 10.6 Å². The molecule has 0 aliphatic heterocycles. The molecule has 0 bridgehead atoms. The third-order valence-electron chi connectivity index (χ3n) is 1.27. The maximum atomic E-state index is 11.1. The number of methoxy groups -OCH3 is 1. The van der Waals surface area contributed by atoms with E-state index in [0.717, 1.165) is 0 Å². The number of aromatic nitrogens is 1. The van der Waals surface area contributed by atoms with Gasteiger partial charge in [-0.2, -0.15) is 0 Å². The fourth-order valence-electron chi connectivity index (χ4n) is 0.681. The third kappa shape index (κ3) is 2.24. The monoisotopic (exact) mass is 180 g/mol. The van der Waals surface area contributed by atoms with Crippen molar-refractivity contribution in [2.75, 3.05) is 13.7 Å². The van der Waals surface area contributed by atoms with Gasteiger partial charge < -0.3 is 14.6 Å². The summed E-state index contributed by atoms with van der Waals surface area (Å²) < 4.78 is 9.38. The van der Waals surface area contributed by atoms with Crippen molar-refractivity contribution in [3.63, 3.8) is 0 Å². The number of nitrogens with one attached hydrogen (secondary N) is 1. The van der Waals surface area contributed by atoms with Gasteiger partial charge in [-0.25, -0.2) is 0 Å². The summed E-state index contributed by atoms with van der Waals surface area (Å²) in [6.45, 7) is 0.155.